The molecule has 0 bridgehead atoms. The van der Waals surface area contributed by atoms with Gasteiger partial charge in [0.2, 0.25) is 0 Å². The molecule has 0 aromatic carbocycles. The third-order valence-electron chi connectivity index (χ3n) is 3.62. The van der Waals surface area contributed by atoms with Gasteiger partial charge in [0.15, 0.2) is 5.82 Å². The first kappa shape index (κ1) is 16.0. The Morgan fingerprint density at radius 3 is 2.78 bits per heavy atom. The fourth-order valence-electron chi connectivity index (χ4n) is 2.62. The molecule has 8 heteroatoms. The minimum Gasteiger partial charge on any atom is -0.444 e. The van der Waals surface area contributed by atoms with Crippen LogP contribution in [0.2, 0.25) is 5.15 Å². The predicted molar refractivity (Wildman–Crippen MR) is 83.8 cm³/mol. The average Bonchev–Trinajstić information content (AvgIpc) is 2.69. The van der Waals surface area contributed by atoms with E-state index in [4.69, 9.17) is 16.3 Å². The van der Waals surface area contributed by atoms with E-state index in [-0.39, 0.29) is 22.6 Å². The largest absolute Gasteiger partial charge is 0.444 e. The number of fused-ring (bicyclic) bond motifs is 1. The van der Waals surface area contributed by atoms with Crippen molar-refractivity contribution in [3.63, 3.8) is 0 Å². The number of rotatable bonds is 2. The summed E-state index contributed by atoms with van der Waals surface area (Å²) in [6.45, 7) is 7.22. The fraction of sp³-hybridized carbons (Fsp3) is 0.533. The zero-order valence-electron chi connectivity index (χ0n) is 13.2. The molecule has 3 rings (SSSR count). The zero-order valence-corrected chi connectivity index (χ0v) is 14.0. The van der Waals surface area contributed by atoms with E-state index in [2.05, 4.69) is 9.97 Å². The Morgan fingerprint density at radius 1 is 1.43 bits per heavy atom. The van der Waals surface area contributed by atoms with E-state index in [9.17, 15) is 9.18 Å². The molecule has 2 aromatic heterocycles. The number of hydrogen-bond donors (Lipinski definition) is 0. The van der Waals surface area contributed by atoms with E-state index in [1.165, 1.54) is 12.5 Å². The van der Waals surface area contributed by atoms with Gasteiger partial charge in [-0.1, -0.05) is 11.6 Å². The number of carbonyl (C=O) groups is 1. The van der Waals surface area contributed by atoms with E-state index in [1.54, 1.807) is 9.47 Å². The van der Waals surface area contributed by atoms with Crippen LogP contribution < -0.4 is 0 Å². The number of likely N-dealkylation sites (tertiary alicyclic amines) is 1. The summed E-state index contributed by atoms with van der Waals surface area (Å²) < 4.78 is 21.0. The second-order valence-electron chi connectivity index (χ2n) is 6.74. The normalized spacial score (nSPS) is 15.8. The van der Waals surface area contributed by atoms with E-state index in [0.29, 0.717) is 25.3 Å². The van der Waals surface area contributed by atoms with Gasteiger partial charge in [-0.25, -0.2) is 19.2 Å². The van der Waals surface area contributed by atoms with Crippen LogP contribution in [0.5, 0.6) is 0 Å². The maximum atomic E-state index is 14.0. The molecule has 0 aliphatic carbocycles. The molecule has 23 heavy (non-hydrogen) atoms. The lowest BCUT2D eigenvalue weighted by Gasteiger charge is -2.39. The van der Waals surface area contributed by atoms with Gasteiger partial charge in [0.05, 0.1) is 5.39 Å². The van der Waals surface area contributed by atoms with Crippen molar-refractivity contribution in [2.45, 2.75) is 32.9 Å². The first-order chi connectivity index (χ1) is 10.7. The maximum absolute atomic E-state index is 14.0. The lowest BCUT2D eigenvalue weighted by atomic mass is 10.0. The summed E-state index contributed by atoms with van der Waals surface area (Å²) in [5.41, 5.74) is -0.0338. The molecule has 1 amide bonds. The molecule has 6 nitrogen and oxygen atoms in total. The number of aromatic nitrogens is 3. The molecule has 1 fully saturated rings. The van der Waals surface area contributed by atoms with Gasteiger partial charge in [-0.3, -0.25) is 0 Å². The van der Waals surface area contributed by atoms with E-state index < -0.39 is 11.4 Å². The molecule has 0 N–H and O–H groups in total. The van der Waals surface area contributed by atoms with Crippen LogP contribution in [0.15, 0.2) is 12.5 Å². The second kappa shape index (κ2) is 5.63. The molecule has 0 spiro atoms. The molecule has 0 radical (unpaired) electrons. The topological polar surface area (TPSA) is 60.2 Å². The molecular weight excluding hydrogens is 323 g/mol. The van der Waals surface area contributed by atoms with E-state index in [1.807, 2.05) is 20.8 Å². The number of ether oxygens (including phenoxy) is 1. The Kier molecular flexibility index (Phi) is 3.91. The van der Waals surface area contributed by atoms with Crippen molar-refractivity contribution in [3.8, 4) is 0 Å². The summed E-state index contributed by atoms with van der Waals surface area (Å²) in [7, 11) is 0. The quantitative estimate of drug-likeness (QED) is 0.788. The van der Waals surface area contributed by atoms with E-state index in [0.717, 1.165) is 0 Å². The van der Waals surface area contributed by atoms with Crippen LogP contribution in [0.3, 0.4) is 0 Å². The van der Waals surface area contributed by atoms with Crippen LogP contribution in [0.25, 0.3) is 11.0 Å². The summed E-state index contributed by atoms with van der Waals surface area (Å²) in [6, 6.07) is 0. The fourth-order valence-corrected chi connectivity index (χ4v) is 2.84. The van der Waals surface area contributed by atoms with Crippen molar-refractivity contribution in [1.29, 1.82) is 0 Å². The number of halogens is 2. The van der Waals surface area contributed by atoms with Crippen molar-refractivity contribution in [3.05, 3.63) is 23.5 Å². The maximum Gasteiger partial charge on any atom is 0.410 e. The van der Waals surface area contributed by atoms with Crippen LogP contribution in [-0.4, -0.2) is 44.2 Å². The third kappa shape index (κ3) is 3.24. The monoisotopic (exact) mass is 340 g/mol. The Balaban J connectivity index is 1.65. The summed E-state index contributed by atoms with van der Waals surface area (Å²) >= 11 is 5.91. The molecule has 1 aliphatic heterocycles. The number of hydrogen-bond acceptors (Lipinski definition) is 4. The van der Waals surface area contributed by atoms with Gasteiger partial charge in [-0.15, -0.1) is 0 Å². The highest BCUT2D eigenvalue weighted by atomic mass is 35.5. The van der Waals surface area contributed by atoms with Crippen molar-refractivity contribution in [2.75, 3.05) is 13.1 Å². The van der Waals surface area contributed by atoms with Crippen LogP contribution in [0.1, 0.15) is 20.8 Å². The number of amides is 1. The second-order valence-corrected chi connectivity index (χ2v) is 7.10. The van der Waals surface area contributed by atoms with E-state index >= 15 is 0 Å². The minimum atomic E-state index is -0.504. The molecule has 0 saturated carbocycles. The van der Waals surface area contributed by atoms with Gasteiger partial charge in [0.25, 0.3) is 0 Å². The Hall–Kier alpha value is -1.89. The molecule has 3 heterocycles. The van der Waals surface area contributed by atoms with Crippen molar-refractivity contribution < 1.29 is 13.9 Å². The predicted octanol–water partition coefficient (Wildman–Crippen LogP) is 3.09. The van der Waals surface area contributed by atoms with Crippen molar-refractivity contribution in [1.82, 2.24) is 19.4 Å². The molecule has 2 aromatic rings. The van der Waals surface area contributed by atoms with Gasteiger partial charge in [-0.05, 0) is 20.8 Å². The smallest absolute Gasteiger partial charge is 0.410 e. The SMILES string of the molecule is CC(C)(C)OC(=O)N1CC(Cn2cc(F)c3c(Cl)ncnc32)C1. The van der Waals surface area contributed by atoms with Crippen molar-refractivity contribution in [2.24, 2.45) is 5.92 Å². The Labute approximate surface area is 138 Å². The summed E-state index contributed by atoms with van der Waals surface area (Å²) in [5, 5.41) is 0.340. The lowest BCUT2D eigenvalue weighted by Crippen LogP contribution is -2.52. The summed E-state index contributed by atoms with van der Waals surface area (Å²) in [5.74, 6) is -0.208. The summed E-state index contributed by atoms with van der Waals surface area (Å²) in [4.78, 5) is 21.4. The van der Waals surface area contributed by atoms with Gasteiger partial charge in [-0.2, -0.15) is 0 Å². The third-order valence-corrected chi connectivity index (χ3v) is 3.91. The van der Waals surface area contributed by atoms with Gasteiger partial charge in [0, 0.05) is 31.7 Å². The highest BCUT2D eigenvalue weighted by Crippen LogP contribution is 2.27. The lowest BCUT2D eigenvalue weighted by molar-refractivity contribution is -0.00319. The highest BCUT2D eigenvalue weighted by molar-refractivity contribution is 6.33. The molecule has 0 unspecified atom stereocenters. The van der Waals surface area contributed by atoms with Crippen LogP contribution in [0, 0.1) is 11.7 Å². The molecule has 124 valence electrons. The summed E-state index contributed by atoms with van der Waals surface area (Å²) in [6.07, 6.45) is 2.37. The zero-order chi connectivity index (χ0) is 16.8. The molecular formula is C15H18ClFN4O2. The van der Waals surface area contributed by atoms with Crippen LogP contribution in [-0.2, 0) is 11.3 Å². The van der Waals surface area contributed by atoms with Gasteiger partial charge >= 0.3 is 6.09 Å². The first-order valence-electron chi connectivity index (χ1n) is 7.37. The Bertz CT molecular complexity index is 750. The van der Waals surface area contributed by atoms with Crippen molar-refractivity contribution >= 4 is 28.7 Å². The van der Waals surface area contributed by atoms with Gasteiger partial charge in [0.1, 0.15) is 22.7 Å². The minimum absolute atomic E-state index is 0.107. The molecule has 0 atom stereocenters. The average molecular weight is 341 g/mol. The number of carbonyl (C=O) groups excluding carboxylic acids is 1. The first-order valence-corrected chi connectivity index (χ1v) is 7.75. The standard InChI is InChI=1S/C15H18ClFN4O2/c1-15(2,3)23-14(22)21-5-9(6-21)4-20-7-10(17)11-12(16)18-8-19-13(11)20/h7-9H,4-6H2,1-3H3. The Morgan fingerprint density at radius 2 is 2.13 bits per heavy atom. The van der Waals surface area contributed by atoms with Crippen LogP contribution in [0.4, 0.5) is 9.18 Å². The molecule has 1 aliphatic rings. The number of nitrogens with zero attached hydrogens (tertiary/aromatic N) is 4. The highest BCUT2D eigenvalue weighted by Gasteiger charge is 2.34. The van der Waals surface area contributed by atoms with Gasteiger partial charge < -0.3 is 14.2 Å². The molecule has 1 saturated heterocycles. The van der Waals surface area contributed by atoms with Crippen LogP contribution >= 0.6 is 11.6 Å².